The third-order valence-electron chi connectivity index (χ3n) is 4.08. The second kappa shape index (κ2) is 5.75. The fraction of sp³-hybridized carbons (Fsp3) is 0.833. The smallest absolute Gasteiger partial charge is 0.243 e. The van der Waals surface area contributed by atoms with Crippen molar-refractivity contribution in [3.05, 3.63) is 11.7 Å². The molecule has 1 saturated carbocycles. The van der Waals surface area contributed by atoms with Crippen molar-refractivity contribution in [1.82, 2.24) is 15.0 Å². The standard InChI is InChI=1S/C12H20N4O2.ClH/c1-9(16-5-7-17-8-6-16)10-14-11(15-18-10)12(13)3-2-4-12;/h9H,2-8,13H2,1H3;1H. The summed E-state index contributed by atoms with van der Waals surface area (Å²) in [4.78, 5) is 6.79. The summed E-state index contributed by atoms with van der Waals surface area (Å²) in [6.45, 7) is 5.45. The fourth-order valence-corrected chi connectivity index (χ4v) is 2.51. The number of rotatable bonds is 3. The lowest BCUT2D eigenvalue weighted by Gasteiger charge is -2.34. The van der Waals surface area contributed by atoms with Crippen LogP contribution in [0.25, 0.3) is 0 Å². The highest BCUT2D eigenvalue weighted by Crippen LogP contribution is 2.37. The Morgan fingerprint density at radius 1 is 1.32 bits per heavy atom. The average Bonchev–Trinajstić information content (AvgIpc) is 2.86. The Balaban J connectivity index is 0.00000133. The molecular weight excluding hydrogens is 268 g/mol. The van der Waals surface area contributed by atoms with Crippen molar-refractivity contribution in [3.63, 3.8) is 0 Å². The first-order valence-corrected chi connectivity index (χ1v) is 6.64. The van der Waals surface area contributed by atoms with Gasteiger partial charge in [0.05, 0.1) is 24.8 Å². The molecule has 1 aliphatic carbocycles. The van der Waals surface area contributed by atoms with E-state index in [-0.39, 0.29) is 24.0 Å². The average molecular weight is 289 g/mol. The molecule has 3 rings (SSSR count). The number of hydrogen-bond donors (Lipinski definition) is 1. The van der Waals surface area contributed by atoms with Crippen molar-refractivity contribution >= 4 is 12.4 Å². The maximum Gasteiger partial charge on any atom is 0.243 e. The summed E-state index contributed by atoms with van der Waals surface area (Å²) < 4.78 is 10.7. The molecule has 2 heterocycles. The molecule has 0 amide bonds. The summed E-state index contributed by atoms with van der Waals surface area (Å²) in [7, 11) is 0. The van der Waals surface area contributed by atoms with E-state index in [1.165, 1.54) is 0 Å². The minimum absolute atomic E-state index is 0. The van der Waals surface area contributed by atoms with Gasteiger partial charge in [0, 0.05) is 13.1 Å². The number of hydrogen-bond acceptors (Lipinski definition) is 6. The molecular formula is C12H21ClN4O2. The highest BCUT2D eigenvalue weighted by atomic mass is 35.5. The zero-order valence-corrected chi connectivity index (χ0v) is 12.0. The van der Waals surface area contributed by atoms with E-state index in [2.05, 4.69) is 22.0 Å². The monoisotopic (exact) mass is 288 g/mol. The lowest BCUT2D eigenvalue weighted by Crippen LogP contribution is -2.44. The van der Waals surface area contributed by atoms with Gasteiger partial charge in [-0.2, -0.15) is 4.98 Å². The molecule has 1 unspecified atom stereocenters. The largest absolute Gasteiger partial charge is 0.379 e. The molecule has 108 valence electrons. The SMILES string of the molecule is CC(c1nc(C2(N)CCC2)no1)N1CCOCC1.Cl. The second-order valence-electron chi connectivity index (χ2n) is 5.29. The zero-order valence-electron chi connectivity index (χ0n) is 11.2. The molecule has 1 aliphatic heterocycles. The second-order valence-corrected chi connectivity index (χ2v) is 5.29. The molecule has 0 radical (unpaired) electrons. The maximum atomic E-state index is 6.20. The van der Waals surface area contributed by atoms with Gasteiger partial charge in [0.1, 0.15) is 0 Å². The number of nitrogens with two attached hydrogens (primary N) is 1. The normalized spacial score (nSPS) is 24.3. The van der Waals surface area contributed by atoms with Crippen LogP contribution in [0.15, 0.2) is 4.52 Å². The van der Waals surface area contributed by atoms with Crippen molar-refractivity contribution in [2.45, 2.75) is 37.8 Å². The van der Waals surface area contributed by atoms with Gasteiger partial charge in [0.2, 0.25) is 5.89 Å². The molecule has 1 atom stereocenters. The molecule has 0 aromatic carbocycles. The van der Waals surface area contributed by atoms with Gasteiger partial charge in [-0.05, 0) is 26.2 Å². The highest BCUT2D eigenvalue weighted by molar-refractivity contribution is 5.85. The van der Waals surface area contributed by atoms with Gasteiger partial charge in [-0.1, -0.05) is 5.16 Å². The third kappa shape index (κ3) is 2.76. The Labute approximate surface area is 119 Å². The molecule has 0 spiro atoms. The number of morpholine rings is 1. The van der Waals surface area contributed by atoms with Crippen LogP contribution in [-0.4, -0.2) is 41.3 Å². The molecule has 7 heteroatoms. The van der Waals surface area contributed by atoms with E-state index in [0.29, 0.717) is 11.7 Å². The van der Waals surface area contributed by atoms with Crippen LogP contribution < -0.4 is 5.73 Å². The van der Waals surface area contributed by atoms with Crippen molar-refractivity contribution in [3.8, 4) is 0 Å². The van der Waals surface area contributed by atoms with Gasteiger partial charge in [-0.3, -0.25) is 4.90 Å². The van der Waals surface area contributed by atoms with Crippen molar-refractivity contribution in [2.24, 2.45) is 5.73 Å². The molecule has 1 saturated heterocycles. The van der Waals surface area contributed by atoms with Gasteiger partial charge >= 0.3 is 0 Å². The van der Waals surface area contributed by atoms with Crippen LogP contribution in [0, 0.1) is 0 Å². The quantitative estimate of drug-likeness (QED) is 0.901. The molecule has 1 aromatic heterocycles. The number of aromatic nitrogens is 2. The maximum absolute atomic E-state index is 6.20. The van der Waals surface area contributed by atoms with E-state index < -0.39 is 0 Å². The summed E-state index contributed by atoms with van der Waals surface area (Å²) in [5.41, 5.74) is 5.86. The molecule has 2 N–H and O–H groups in total. The van der Waals surface area contributed by atoms with E-state index in [9.17, 15) is 0 Å². The Morgan fingerprint density at radius 2 is 2.00 bits per heavy atom. The van der Waals surface area contributed by atoms with Crippen molar-refractivity contribution in [1.29, 1.82) is 0 Å². The summed E-state index contributed by atoms with van der Waals surface area (Å²) in [6.07, 6.45) is 3.06. The highest BCUT2D eigenvalue weighted by Gasteiger charge is 2.39. The first-order valence-electron chi connectivity index (χ1n) is 6.64. The van der Waals surface area contributed by atoms with Crippen LogP contribution in [0.5, 0.6) is 0 Å². The third-order valence-corrected chi connectivity index (χ3v) is 4.08. The molecule has 19 heavy (non-hydrogen) atoms. The van der Waals surface area contributed by atoms with Gasteiger partial charge < -0.3 is 15.0 Å². The Hall–Kier alpha value is -0.690. The Morgan fingerprint density at radius 3 is 2.58 bits per heavy atom. The Bertz CT molecular complexity index is 416. The predicted molar refractivity (Wildman–Crippen MR) is 72.1 cm³/mol. The molecule has 6 nitrogen and oxygen atoms in total. The minimum atomic E-state index is -0.341. The topological polar surface area (TPSA) is 77.4 Å². The van der Waals surface area contributed by atoms with Crippen LogP contribution in [0.1, 0.15) is 43.9 Å². The summed E-state index contributed by atoms with van der Waals surface area (Å²) in [6, 6.07) is 0.138. The number of nitrogens with zero attached hydrogens (tertiary/aromatic N) is 3. The zero-order chi connectivity index (χ0) is 12.6. The summed E-state index contributed by atoms with van der Waals surface area (Å²) >= 11 is 0. The van der Waals surface area contributed by atoms with Gasteiger partial charge in [-0.15, -0.1) is 12.4 Å². The van der Waals surface area contributed by atoms with Gasteiger partial charge in [-0.25, -0.2) is 0 Å². The van der Waals surface area contributed by atoms with Crippen LogP contribution in [0.3, 0.4) is 0 Å². The Kier molecular flexibility index (Phi) is 4.45. The fourth-order valence-electron chi connectivity index (χ4n) is 2.51. The molecule has 2 fully saturated rings. The van der Waals surface area contributed by atoms with E-state index in [1.54, 1.807) is 0 Å². The lowest BCUT2D eigenvalue weighted by atomic mass is 9.77. The van der Waals surface area contributed by atoms with Crippen LogP contribution in [0.2, 0.25) is 0 Å². The molecule has 2 aliphatic rings. The summed E-state index contributed by atoms with van der Waals surface area (Å²) in [5, 5.41) is 4.06. The van der Waals surface area contributed by atoms with Crippen LogP contribution in [-0.2, 0) is 10.3 Å². The van der Waals surface area contributed by atoms with E-state index in [1.807, 2.05) is 0 Å². The van der Waals surface area contributed by atoms with Crippen LogP contribution >= 0.6 is 12.4 Å². The van der Waals surface area contributed by atoms with Crippen molar-refractivity contribution < 1.29 is 9.26 Å². The van der Waals surface area contributed by atoms with Gasteiger partial charge in [0.25, 0.3) is 0 Å². The van der Waals surface area contributed by atoms with Crippen molar-refractivity contribution in [2.75, 3.05) is 26.3 Å². The van der Waals surface area contributed by atoms with Gasteiger partial charge in [0.15, 0.2) is 5.82 Å². The molecule has 0 bridgehead atoms. The van der Waals surface area contributed by atoms with E-state index in [4.69, 9.17) is 15.0 Å². The number of ether oxygens (including phenoxy) is 1. The first kappa shape index (κ1) is 14.7. The summed E-state index contributed by atoms with van der Waals surface area (Å²) in [5.74, 6) is 1.34. The van der Waals surface area contributed by atoms with E-state index >= 15 is 0 Å². The minimum Gasteiger partial charge on any atom is -0.379 e. The first-order chi connectivity index (χ1) is 8.69. The molecule has 1 aromatic rings. The van der Waals surface area contributed by atoms with Crippen LogP contribution in [0.4, 0.5) is 0 Å². The number of halogens is 1. The predicted octanol–water partition coefficient (Wildman–Crippen LogP) is 1.22. The lowest BCUT2D eigenvalue weighted by molar-refractivity contribution is 0.0134. The van der Waals surface area contributed by atoms with E-state index in [0.717, 1.165) is 45.6 Å².